The van der Waals surface area contributed by atoms with Crippen molar-refractivity contribution < 1.29 is 70.6 Å². The predicted molar refractivity (Wildman–Crippen MR) is 81.9 cm³/mol. The van der Waals surface area contributed by atoms with E-state index in [9.17, 15) is 61.2 Å². The van der Waals surface area contributed by atoms with Crippen molar-refractivity contribution >= 4 is 17.8 Å². The van der Waals surface area contributed by atoms with Crippen molar-refractivity contribution in [3.05, 3.63) is 0 Å². The van der Waals surface area contributed by atoms with Crippen molar-refractivity contribution in [1.82, 2.24) is 10.6 Å². The van der Waals surface area contributed by atoms with Crippen LogP contribution in [0.5, 0.6) is 0 Å². The van der Waals surface area contributed by atoms with Crippen molar-refractivity contribution in [1.29, 1.82) is 0 Å². The molecule has 1 saturated heterocycles. The molecule has 1 aliphatic rings. The Labute approximate surface area is 168 Å². The maximum absolute atomic E-state index is 12.6. The highest BCUT2D eigenvalue weighted by Crippen LogP contribution is 2.33. The van der Waals surface area contributed by atoms with Gasteiger partial charge in [0, 0.05) is 20.1 Å². The highest BCUT2D eigenvalue weighted by molar-refractivity contribution is 5.82. The number of hydrogen-bond acceptors (Lipinski definition) is 8. The van der Waals surface area contributed by atoms with Crippen molar-refractivity contribution in [2.45, 2.75) is 55.0 Å². The number of halogens is 6. The van der Waals surface area contributed by atoms with E-state index in [2.05, 4.69) is 4.74 Å². The zero-order valence-electron chi connectivity index (χ0n) is 15.4. The van der Waals surface area contributed by atoms with Crippen LogP contribution < -0.4 is 10.6 Å². The molecule has 1 rings (SSSR count). The van der Waals surface area contributed by atoms with Gasteiger partial charge < -0.3 is 40.5 Å². The van der Waals surface area contributed by atoms with Crippen molar-refractivity contribution in [2.75, 3.05) is 13.7 Å². The molecule has 180 valence electrons. The minimum Gasteiger partial charge on any atom is -0.477 e. The number of nitrogens with one attached hydrogen (secondary N) is 2. The molecule has 0 bridgehead atoms. The Kier molecular flexibility index (Phi) is 8.23. The fourth-order valence-corrected chi connectivity index (χ4v) is 2.65. The molecule has 0 aromatic carbocycles. The van der Waals surface area contributed by atoms with Crippen LogP contribution >= 0.6 is 0 Å². The molecule has 6 N–H and O–H groups in total. The fourth-order valence-electron chi connectivity index (χ4n) is 2.65. The van der Waals surface area contributed by atoms with Gasteiger partial charge in [0.1, 0.15) is 12.2 Å². The number of carbonyl (C=O) groups excluding carboxylic acids is 2. The predicted octanol–water partition coefficient (Wildman–Crippen LogP) is -1.99. The molecular weight excluding hydrogens is 454 g/mol. The molecule has 17 heteroatoms. The van der Waals surface area contributed by atoms with Crippen LogP contribution in [0.25, 0.3) is 0 Å². The number of rotatable bonds is 7. The van der Waals surface area contributed by atoms with Crippen LogP contribution in [-0.4, -0.2) is 100 Å². The van der Waals surface area contributed by atoms with E-state index in [4.69, 9.17) is 4.74 Å². The Hall–Kier alpha value is -2.21. The largest absolute Gasteiger partial charge is 0.477 e. The van der Waals surface area contributed by atoms with Crippen LogP contribution in [0.2, 0.25) is 0 Å². The van der Waals surface area contributed by atoms with Crippen LogP contribution in [0.3, 0.4) is 0 Å². The Morgan fingerprint density at radius 3 is 2.06 bits per heavy atom. The summed E-state index contributed by atoms with van der Waals surface area (Å²) in [4.78, 5) is 33.5. The molecule has 1 fully saturated rings. The number of aliphatic carboxylic acids is 1. The Morgan fingerprint density at radius 1 is 1.13 bits per heavy atom. The van der Waals surface area contributed by atoms with Crippen molar-refractivity contribution in [2.24, 2.45) is 0 Å². The van der Waals surface area contributed by atoms with E-state index < -0.39 is 79.3 Å². The second-order valence-corrected chi connectivity index (χ2v) is 6.38. The average Bonchev–Trinajstić information content (AvgIpc) is 2.64. The molecule has 0 radical (unpaired) electrons. The zero-order chi connectivity index (χ0) is 24.4. The van der Waals surface area contributed by atoms with Crippen LogP contribution in [0.4, 0.5) is 26.3 Å². The Bertz CT molecular complexity index is 688. The molecule has 0 spiro atoms. The quantitative estimate of drug-likeness (QED) is 0.229. The van der Waals surface area contributed by atoms with Gasteiger partial charge in [-0.3, -0.25) is 9.59 Å². The standard InChI is InChI=1S/C14H18F6N2O9/c1-30-12(11(28)29)2-4(23)6(22-10(27)14(18,19)20)8(31-12)7(25)5(24)3-21-9(26)13(15,16)17/h4-8,23-25H,2-3H2,1H3,(H,21,26)(H,22,27)(H,28,29)/t4-,5+,6+,7+,8+,12+/m0/s1. The van der Waals surface area contributed by atoms with Gasteiger partial charge in [0.2, 0.25) is 0 Å². The normalized spacial score (nSPS) is 29.0. The summed E-state index contributed by atoms with van der Waals surface area (Å²) >= 11 is 0. The first-order valence-corrected chi connectivity index (χ1v) is 8.19. The molecule has 0 unspecified atom stereocenters. The summed E-state index contributed by atoms with van der Waals surface area (Å²) in [5, 5.41) is 41.8. The monoisotopic (exact) mass is 472 g/mol. The lowest BCUT2D eigenvalue weighted by Gasteiger charge is -2.46. The van der Waals surface area contributed by atoms with Gasteiger partial charge >= 0.3 is 30.1 Å². The third kappa shape index (κ3) is 6.39. The molecule has 0 saturated carbocycles. The van der Waals surface area contributed by atoms with Crippen molar-refractivity contribution in [3.63, 3.8) is 0 Å². The van der Waals surface area contributed by atoms with Crippen LogP contribution in [0.1, 0.15) is 6.42 Å². The molecule has 1 aliphatic heterocycles. The number of aliphatic hydroxyl groups is 3. The molecule has 11 nitrogen and oxygen atoms in total. The number of aliphatic hydroxyl groups excluding tert-OH is 3. The van der Waals surface area contributed by atoms with Gasteiger partial charge in [0.05, 0.1) is 18.2 Å². The van der Waals surface area contributed by atoms with E-state index >= 15 is 0 Å². The summed E-state index contributed by atoms with van der Waals surface area (Å²) in [5.74, 6) is -9.81. The van der Waals surface area contributed by atoms with Gasteiger partial charge in [0.25, 0.3) is 5.79 Å². The second-order valence-electron chi connectivity index (χ2n) is 6.38. The molecule has 0 aliphatic carbocycles. The first-order valence-electron chi connectivity index (χ1n) is 8.19. The summed E-state index contributed by atoms with van der Waals surface area (Å²) in [6, 6.07) is -2.18. The number of carboxylic acid groups (broad SMARTS) is 1. The van der Waals surface area contributed by atoms with Gasteiger partial charge in [-0.05, 0) is 0 Å². The second kappa shape index (κ2) is 9.51. The summed E-state index contributed by atoms with van der Waals surface area (Å²) in [6.07, 6.45) is -21.2. The molecule has 31 heavy (non-hydrogen) atoms. The summed E-state index contributed by atoms with van der Waals surface area (Å²) < 4.78 is 83.9. The maximum Gasteiger partial charge on any atom is 0.471 e. The van der Waals surface area contributed by atoms with Crippen LogP contribution in [0, 0.1) is 0 Å². The van der Waals surface area contributed by atoms with Gasteiger partial charge in [-0.2, -0.15) is 26.3 Å². The van der Waals surface area contributed by atoms with Gasteiger partial charge in [-0.25, -0.2) is 4.79 Å². The van der Waals surface area contributed by atoms with E-state index in [-0.39, 0.29) is 0 Å². The molecule has 6 atom stereocenters. The highest BCUT2D eigenvalue weighted by Gasteiger charge is 2.56. The third-order valence-electron chi connectivity index (χ3n) is 4.24. The lowest BCUT2D eigenvalue weighted by atomic mass is 9.88. The number of methoxy groups -OCH3 is 1. The topological polar surface area (TPSA) is 175 Å². The third-order valence-corrected chi connectivity index (χ3v) is 4.24. The number of hydrogen-bond donors (Lipinski definition) is 6. The maximum atomic E-state index is 12.6. The minimum atomic E-state index is -5.48. The highest BCUT2D eigenvalue weighted by atomic mass is 19.4. The number of amides is 2. The summed E-state index contributed by atoms with van der Waals surface area (Å²) in [6.45, 7) is -1.30. The fraction of sp³-hybridized carbons (Fsp3) is 0.786. The Balaban J connectivity index is 3.16. The first-order chi connectivity index (χ1) is 14.0. The molecule has 0 aromatic heterocycles. The number of ether oxygens (including phenoxy) is 2. The van der Waals surface area contributed by atoms with E-state index in [1.807, 2.05) is 0 Å². The number of carbonyl (C=O) groups is 3. The lowest BCUT2D eigenvalue weighted by Crippen LogP contribution is -2.68. The van der Waals surface area contributed by atoms with Crippen molar-refractivity contribution in [3.8, 4) is 0 Å². The summed E-state index contributed by atoms with van der Waals surface area (Å²) in [7, 11) is 0.763. The molecule has 0 aromatic rings. The van der Waals surface area contributed by atoms with E-state index in [1.165, 1.54) is 10.6 Å². The molecular formula is C14H18F6N2O9. The SMILES string of the molecule is CO[C@]1(C(=O)O)C[C@H](O)[C@@H](NC(=O)C(F)(F)F)[C@H]([C@H](O)[C@H](O)CNC(=O)C(F)(F)F)O1. The zero-order valence-corrected chi connectivity index (χ0v) is 15.4. The number of alkyl halides is 6. The Morgan fingerprint density at radius 2 is 1.65 bits per heavy atom. The molecule has 1 heterocycles. The van der Waals surface area contributed by atoms with Crippen LogP contribution in [-0.2, 0) is 23.9 Å². The van der Waals surface area contributed by atoms with E-state index in [0.717, 1.165) is 7.11 Å². The lowest BCUT2D eigenvalue weighted by molar-refractivity contribution is -0.303. The smallest absolute Gasteiger partial charge is 0.471 e. The number of carboxylic acids is 1. The van der Waals surface area contributed by atoms with Gasteiger partial charge in [-0.15, -0.1) is 0 Å². The van der Waals surface area contributed by atoms with E-state index in [1.54, 1.807) is 0 Å². The van der Waals surface area contributed by atoms with Gasteiger partial charge in [0.15, 0.2) is 0 Å². The van der Waals surface area contributed by atoms with Gasteiger partial charge in [-0.1, -0.05) is 0 Å². The minimum absolute atomic E-state index is 0.763. The average molecular weight is 472 g/mol. The summed E-state index contributed by atoms with van der Waals surface area (Å²) in [5.41, 5.74) is 0. The van der Waals surface area contributed by atoms with E-state index in [0.29, 0.717) is 0 Å². The first kappa shape index (κ1) is 26.8. The van der Waals surface area contributed by atoms with Crippen LogP contribution in [0.15, 0.2) is 0 Å². The molecule has 2 amide bonds.